The van der Waals surface area contributed by atoms with E-state index in [1.807, 2.05) is 4.90 Å². The molecule has 0 atom stereocenters. The third-order valence-corrected chi connectivity index (χ3v) is 2.65. The quantitative estimate of drug-likeness (QED) is 0.289. The molecular formula is C11H18N4O4. The normalized spacial score (nSPS) is 10.7. The van der Waals surface area contributed by atoms with Crippen LogP contribution in [-0.2, 0) is 6.54 Å². The zero-order chi connectivity index (χ0) is 14.3. The zero-order valence-corrected chi connectivity index (χ0v) is 10.5. The first-order valence-corrected chi connectivity index (χ1v) is 5.80. The molecule has 106 valence electrons. The van der Waals surface area contributed by atoms with Gasteiger partial charge in [-0.2, -0.15) is 0 Å². The van der Waals surface area contributed by atoms with Crippen molar-refractivity contribution < 1.29 is 15.1 Å². The van der Waals surface area contributed by atoms with Gasteiger partial charge >= 0.3 is 0 Å². The molecule has 8 nitrogen and oxygen atoms in total. The highest BCUT2D eigenvalue weighted by atomic mass is 16.6. The molecule has 0 bridgehead atoms. The van der Waals surface area contributed by atoms with Gasteiger partial charge in [-0.15, -0.1) is 0 Å². The maximum atomic E-state index is 10.8. The summed E-state index contributed by atoms with van der Waals surface area (Å²) in [5, 5.41) is 28.6. The summed E-state index contributed by atoms with van der Waals surface area (Å²) in [6.45, 7) is 1.27. The maximum absolute atomic E-state index is 10.8. The molecule has 0 heterocycles. The van der Waals surface area contributed by atoms with E-state index < -0.39 is 4.92 Å². The summed E-state index contributed by atoms with van der Waals surface area (Å²) in [5.41, 5.74) is 3.24. The number of aliphatic hydroxyl groups excluding tert-OH is 2. The average molecular weight is 270 g/mol. The number of nitrogens with two attached hydrogens (primary N) is 1. The lowest BCUT2D eigenvalue weighted by molar-refractivity contribution is -0.384. The summed E-state index contributed by atoms with van der Waals surface area (Å²) in [7, 11) is 0. The lowest BCUT2D eigenvalue weighted by Crippen LogP contribution is -2.29. The van der Waals surface area contributed by atoms with Gasteiger partial charge in [0.05, 0.1) is 18.1 Å². The van der Waals surface area contributed by atoms with Gasteiger partial charge in [-0.3, -0.25) is 20.9 Å². The van der Waals surface area contributed by atoms with Crippen LogP contribution in [0.4, 0.5) is 11.4 Å². The Bertz CT molecular complexity index is 421. The Balaban J connectivity index is 2.86. The number of anilines is 1. The molecule has 0 radical (unpaired) electrons. The minimum atomic E-state index is -0.516. The van der Waals surface area contributed by atoms with Crippen molar-refractivity contribution in [2.75, 3.05) is 31.7 Å². The van der Waals surface area contributed by atoms with Crippen molar-refractivity contribution in [1.29, 1.82) is 0 Å². The largest absolute Gasteiger partial charge is 0.395 e. The molecule has 5 N–H and O–H groups in total. The van der Waals surface area contributed by atoms with E-state index in [0.717, 1.165) is 5.56 Å². The highest BCUT2D eigenvalue weighted by Crippen LogP contribution is 2.24. The molecule has 19 heavy (non-hydrogen) atoms. The van der Waals surface area contributed by atoms with Crippen LogP contribution in [0.2, 0.25) is 0 Å². The summed E-state index contributed by atoms with van der Waals surface area (Å²) in [4.78, 5) is 12.1. The molecule has 0 unspecified atom stereocenters. The molecule has 0 fully saturated rings. The standard InChI is InChI=1S/C11H18N4O4/c12-13-10-7-9(1-2-11(10)15(18)19)8-14(3-5-16)4-6-17/h1-2,7,13,16-17H,3-6,8,12H2. The number of hydrogen-bond donors (Lipinski definition) is 4. The third kappa shape index (κ3) is 4.45. The number of nitrogen functional groups attached to an aromatic ring is 1. The molecule has 1 aromatic carbocycles. The van der Waals surface area contributed by atoms with Crippen LogP contribution >= 0.6 is 0 Å². The molecule has 0 aliphatic carbocycles. The van der Waals surface area contributed by atoms with E-state index in [1.165, 1.54) is 6.07 Å². The van der Waals surface area contributed by atoms with Crippen molar-refractivity contribution in [3.05, 3.63) is 33.9 Å². The number of nitrogens with zero attached hydrogens (tertiary/aromatic N) is 2. The molecule has 0 amide bonds. The average Bonchev–Trinajstić information content (AvgIpc) is 2.38. The molecule has 1 rings (SSSR count). The van der Waals surface area contributed by atoms with E-state index in [1.54, 1.807) is 12.1 Å². The summed E-state index contributed by atoms with van der Waals surface area (Å²) >= 11 is 0. The van der Waals surface area contributed by atoms with Crippen LogP contribution < -0.4 is 11.3 Å². The summed E-state index contributed by atoms with van der Waals surface area (Å²) in [6.07, 6.45) is 0. The number of benzene rings is 1. The second kappa shape index (κ2) is 7.64. The minimum absolute atomic E-state index is 0.0189. The Labute approximate surface area is 110 Å². The van der Waals surface area contributed by atoms with Gasteiger partial charge < -0.3 is 15.6 Å². The van der Waals surface area contributed by atoms with Gasteiger partial charge in [0.2, 0.25) is 0 Å². The van der Waals surface area contributed by atoms with Crippen LogP contribution in [0, 0.1) is 10.1 Å². The molecule has 0 aliphatic rings. The van der Waals surface area contributed by atoms with E-state index in [0.29, 0.717) is 19.6 Å². The smallest absolute Gasteiger partial charge is 0.293 e. The van der Waals surface area contributed by atoms with Crippen molar-refractivity contribution >= 4 is 11.4 Å². The maximum Gasteiger partial charge on any atom is 0.293 e. The Hall–Kier alpha value is -1.74. The number of aliphatic hydroxyl groups is 2. The number of rotatable bonds is 8. The van der Waals surface area contributed by atoms with Crippen LogP contribution in [0.1, 0.15) is 5.56 Å². The first kappa shape index (κ1) is 15.3. The van der Waals surface area contributed by atoms with E-state index in [9.17, 15) is 10.1 Å². The van der Waals surface area contributed by atoms with E-state index in [4.69, 9.17) is 16.1 Å². The second-order valence-electron chi connectivity index (χ2n) is 3.98. The van der Waals surface area contributed by atoms with Crippen molar-refractivity contribution in [3.63, 3.8) is 0 Å². The van der Waals surface area contributed by atoms with Crippen LogP contribution in [0.25, 0.3) is 0 Å². The van der Waals surface area contributed by atoms with Gasteiger partial charge in [0.1, 0.15) is 5.69 Å². The second-order valence-corrected chi connectivity index (χ2v) is 3.98. The Morgan fingerprint density at radius 3 is 2.42 bits per heavy atom. The van der Waals surface area contributed by atoms with Gasteiger partial charge in [-0.1, -0.05) is 6.07 Å². The monoisotopic (exact) mass is 270 g/mol. The SMILES string of the molecule is NNc1cc(CN(CCO)CCO)ccc1[N+](=O)[O-]. The fourth-order valence-corrected chi connectivity index (χ4v) is 1.77. The molecule has 0 aromatic heterocycles. The topological polar surface area (TPSA) is 125 Å². The molecule has 8 heteroatoms. The predicted molar refractivity (Wildman–Crippen MR) is 70.4 cm³/mol. The van der Waals surface area contributed by atoms with Gasteiger partial charge in [0.25, 0.3) is 5.69 Å². The molecule has 0 spiro atoms. The molecule has 1 aromatic rings. The fraction of sp³-hybridized carbons (Fsp3) is 0.455. The Morgan fingerprint density at radius 2 is 1.95 bits per heavy atom. The predicted octanol–water partition coefficient (Wildman–Crippen LogP) is -0.333. The molecule has 0 saturated heterocycles. The summed E-state index contributed by atoms with van der Waals surface area (Å²) in [5.74, 6) is 5.26. The molecule has 0 saturated carbocycles. The first-order chi connectivity index (χ1) is 9.12. The van der Waals surface area contributed by atoms with E-state index in [2.05, 4.69) is 5.43 Å². The lowest BCUT2D eigenvalue weighted by atomic mass is 10.1. The fourth-order valence-electron chi connectivity index (χ4n) is 1.77. The van der Waals surface area contributed by atoms with Crippen LogP contribution in [0.3, 0.4) is 0 Å². The number of hydrogen-bond acceptors (Lipinski definition) is 7. The van der Waals surface area contributed by atoms with Crippen molar-refractivity contribution in [1.82, 2.24) is 4.90 Å². The van der Waals surface area contributed by atoms with Crippen molar-refractivity contribution in [3.8, 4) is 0 Å². The Kier molecular flexibility index (Phi) is 6.16. The first-order valence-electron chi connectivity index (χ1n) is 5.80. The highest BCUT2D eigenvalue weighted by molar-refractivity contribution is 5.62. The van der Waals surface area contributed by atoms with Gasteiger partial charge in [-0.05, 0) is 11.6 Å². The van der Waals surface area contributed by atoms with E-state index in [-0.39, 0.29) is 24.6 Å². The van der Waals surface area contributed by atoms with Crippen LogP contribution in [-0.4, -0.2) is 46.3 Å². The van der Waals surface area contributed by atoms with Crippen LogP contribution in [0.5, 0.6) is 0 Å². The van der Waals surface area contributed by atoms with Gasteiger partial charge in [0, 0.05) is 25.7 Å². The zero-order valence-electron chi connectivity index (χ0n) is 10.5. The molecule has 0 aliphatic heterocycles. The van der Waals surface area contributed by atoms with Gasteiger partial charge in [0.15, 0.2) is 0 Å². The Morgan fingerprint density at radius 1 is 1.32 bits per heavy atom. The minimum Gasteiger partial charge on any atom is -0.395 e. The number of nitro benzene ring substituents is 1. The number of hydrazine groups is 1. The lowest BCUT2D eigenvalue weighted by Gasteiger charge is -2.20. The van der Waals surface area contributed by atoms with Gasteiger partial charge in [-0.25, -0.2) is 0 Å². The van der Waals surface area contributed by atoms with Crippen LogP contribution in [0.15, 0.2) is 18.2 Å². The summed E-state index contributed by atoms with van der Waals surface area (Å²) in [6, 6.07) is 4.58. The van der Waals surface area contributed by atoms with Crippen molar-refractivity contribution in [2.45, 2.75) is 6.54 Å². The third-order valence-electron chi connectivity index (χ3n) is 2.65. The number of nitrogens with one attached hydrogen (secondary N) is 1. The molecular weight excluding hydrogens is 252 g/mol. The number of nitro groups is 1. The summed E-state index contributed by atoms with van der Waals surface area (Å²) < 4.78 is 0. The highest BCUT2D eigenvalue weighted by Gasteiger charge is 2.14. The van der Waals surface area contributed by atoms with E-state index >= 15 is 0 Å². The van der Waals surface area contributed by atoms with Crippen molar-refractivity contribution in [2.24, 2.45) is 5.84 Å².